The summed E-state index contributed by atoms with van der Waals surface area (Å²) in [5.74, 6) is 1.99. The third-order valence-corrected chi connectivity index (χ3v) is 3.72. The zero-order valence-electron chi connectivity index (χ0n) is 12.3. The molecular formula is C13H24N6. The lowest BCUT2D eigenvalue weighted by Gasteiger charge is -2.42. The van der Waals surface area contributed by atoms with Crippen molar-refractivity contribution in [2.24, 2.45) is 0 Å². The molecule has 0 aliphatic heterocycles. The van der Waals surface area contributed by atoms with Gasteiger partial charge in [0.1, 0.15) is 0 Å². The van der Waals surface area contributed by atoms with Crippen LogP contribution in [-0.4, -0.2) is 41.1 Å². The van der Waals surface area contributed by atoms with Crippen LogP contribution < -0.4 is 15.5 Å². The van der Waals surface area contributed by atoms with E-state index in [0.717, 1.165) is 13.0 Å². The number of nitrogens with zero attached hydrogens (tertiary/aromatic N) is 4. The van der Waals surface area contributed by atoms with Crippen LogP contribution in [0.25, 0.3) is 0 Å². The predicted molar refractivity (Wildman–Crippen MR) is 78.8 cm³/mol. The maximum Gasteiger partial charge on any atom is 0.231 e. The maximum absolute atomic E-state index is 4.48. The van der Waals surface area contributed by atoms with Crippen molar-refractivity contribution in [2.45, 2.75) is 45.1 Å². The van der Waals surface area contributed by atoms with E-state index in [1.54, 1.807) is 0 Å². The number of hydrogen-bond acceptors (Lipinski definition) is 6. The summed E-state index contributed by atoms with van der Waals surface area (Å²) in [7, 11) is 3.88. The van der Waals surface area contributed by atoms with Crippen LogP contribution in [0.2, 0.25) is 0 Å². The Balaban J connectivity index is 2.23. The Morgan fingerprint density at radius 2 is 1.79 bits per heavy atom. The van der Waals surface area contributed by atoms with Crippen molar-refractivity contribution >= 4 is 17.8 Å². The number of hydrogen-bond donors (Lipinski definition) is 2. The smallest absolute Gasteiger partial charge is 0.231 e. The van der Waals surface area contributed by atoms with E-state index in [-0.39, 0.29) is 5.54 Å². The molecule has 0 aromatic carbocycles. The normalized spacial score (nSPS) is 16.6. The van der Waals surface area contributed by atoms with E-state index < -0.39 is 0 Å². The van der Waals surface area contributed by atoms with E-state index in [1.807, 2.05) is 25.9 Å². The Kier molecular flexibility index (Phi) is 4.07. The van der Waals surface area contributed by atoms with Gasteiger partial charge in [-0.05, 0) is 32.6 Å². The van der Waals surface area contributed by atoms with Crippen LogP contribution in [0.3, 0.4) is 0 Å². The van der Waals surface area contributed by atoms with Crippen LogP contribution in [0.15, 0.2) is 0 Å². The third kappa shape index (κ3) is 3.05. The minimum Gasteiger partial charge on any atom is -0.354 e. The zero-order chi connectivity index (χ0) is 13.9. The van der Waals surface area contributed by atoms with Gasteiger partial charge in [-0.25, -0.2) is 0 Å². The first-order valence-corrected chi connectivity index (χ1v) is 7.04. The summed E-state index contributed by atoms with van der Waals surface area (Å²) in [6.45, 7) is 5.05. The summed E-state index contributed by atoms with van der Waals surface area (Å²) in [6.07, 6.45) is 4.78. The maximum atomic E-state index is 4.48. The Morgan fingerprint density at radius 3 is 2.26 bits per heavy atom. The topological polar surface area (TPSA) is 66.0 Å². The second-order valence-corrected chi connectivity index (χ2v) is 5.32. The minimum absolute atomic E-state index is 0.189. The average Bonchev–Trinajstić information content (AvgIpc) is 2.34. The fourth-order valence-electron chi connectivity index (χ4n) is 2.27. The summed E-state index contributed by atoms with van der Waals surface area (Å²) >= 11 is 0. The van der Waals surface area contributed by atoms with E-state index in [1.165, 1.54) is 19.3 Å². The van der Waals surface area contributed by atoms with Gasteiger partial charge in [-0.2, -0.15) is 15.0 Å². The molecule has 0 saturated heterocycles. The number of nitrogens with one attached hydrogen (secondary N) is 2. The lowest BCUT2D eigenvalue weighted by molar-refractivity contribution is 0.268. The van der Waals surface area contributed by atoms with Crippen LogP contribution in [0.5, 0.6) is 0 Å². The quantitative estimate of drug-likeness (QED) is 0.820. The Bertz CT molecular complexity index is 422. The van der Waals surface area contributed by atoms with E-state index in [4.69, 9.17) is 0 Å². The molecule has 1 aliphatic carbocycles. The second-order valence-electron chi connectivity index (χ2n) is 5.32. The van der Waals surface area contributed by atoms with Gasteiger partial charge >= 0.3 is 0 Å². The van der Waals surface area contributed by atoms with Gasteiger partial charge in [-0.1, -0.05) is 6.92 Å². The summed E-state index contributed by atoms with van der Waals surface area (Å²) in [6, 6.07) is 0. The summed E-state index contributed by atoms with van der Waals surface area (Å²) in [5.41, 5.74) is 0.189. The van der Waals surface area contributed by atoms with Crippen molar-refractivity contribution in [2.75, 3.05) is 36.2 Å². The lowest BCUT2D eigenvalue weighted by Crippen LogP contribution is -2.44. The molecule has 0 unspecified atom stereocenters. The number of anilines is 3. The van der Waals surface area contributed by atoms with Gasteiger partial charge < -0.3 is 15.5 Å². The number of aromatic nitrogens is 3. The summed E-state index contributed by atoms with van der Waals surface area (Å²) in [5, 5.41) is 6.66. The molecule has 1 saturated carbocycles. The molecule has 2 N–H and O–H groups in total. The van der Waals surface area contributed by atoms with Gasteiger partial charge in [-0.3, -0.25) is 0 Å². The molecule has 106 valence electrons. The Morgan fingerprint density at radius 1 is 1.11 bits per heavy atom. The first-order valence-electron chi connectivity index (χ1n) is 7.04. The molecule has 0 atom stereocenters. The highest BCUT2D eigenvalue weighted by atomic mass is 15.3. The Labute approximate surface area is 115 Å². The number of rotatable bonds is 6. The predicted octanol–water partition coefficient (Wildman–Crippen LogP) is 2.11. The lowest BCUT2D eigenvalue weighted by atomic mass is 9.75. The molecule has 6 heteroatoms. The largest absolute Gasteiger partial charge is 0.354 e. The molecule has 0 spiro atoms. The van der Waals surface area contributed by atoms with E-state index in [9.17, 15) is 0 Å². The monoisotopic (exact) mass is 264 g/mol. The van der Waals surface area contributed by atoms with Crippen LogP contribution in [0.4, 0.5) is 17.8 Å². The minimum atomic E-state index is 0.189. The molecule has 2 rings (SSSR count). The van der Waals surface area contributed by atoms with Gasteiger partial charge in [-0.15, -0.1) is 0 Å². The average molecular weight is 264 g/mol. The van der Waals surface area contributed by atoms with Crippen molar-refractivity contribution in [1.82, 2.24) is 15.0 Å². The van der Waals surface area contributed by atoms with Gasteiger partial charge in [0.25, 0.3) is 0 Å². The first kappa shape index (κ1) is 13.8. The van der Waals surface area contributed by atoms with Crippen molar-refractivity contribution in [3.05, 3.63) is 0 Å². The zero-order valence-corrected chi connectivity index (χ0v) is 12.3. The third-order valence-electron chi connectivity index (χ3n) is 3.72. The highest BCUT2D eigenvalue weighted by Crippen LogP contribution is 2.37. The SMILES string of the molecule is CCNc1nc(NC2(CC)CCC2)nc(N(C)C)n1. The van der Waals surface area contributed by atoms with E-state index >= 15 is 0 Å². The second kappa shape index (κ2) is 5.59. The van der Waals surface area contributed by atoms with Crippen LogP contribution in [0, 0.1) is 0 Å². The molecular weight excluding hydrogens is 240 g/mol. The van der Waals surface area contributed by atoms with Crippen molar-refractivity contribution < 1.29 is 0 Å². The molecule has 1 aromatic heterocycles. The molecule has 1 aromatic rings. The van der Waals surface area contributed by atoms with Crippen LogP contribution in [0.1, 0.15) is 39.5 Å². The molecule has 1 fully saturated rings. The van der Waals surface area contributed by atoms with Crippen molar-refractivity contribution in [1.29, 1.82) is 0 Å². The molecule has 19 heavy (non-hydrogen) atoms. The molecule has 1 heterocycles. The molecule has 1 aliphatic rings. The van der Waals surface area contributed by atoms with E-state index in [0.29, 0.717) is 17.8 Å². The van der Waals surface area contributed by atoms with Gasteiger partial charge in [0.05, 0.1) is 0 Å². The standard InChI is InChI=1S/C13H24N6/c1-5-13(8-7-9-13)18-11-15-10(14-6-2)16-12(17-11)19(3)4/h5-9H2,1-4H3,(H2,14,15,16,17,18). The summed E-state index contributed by atoms with van der Waals surface area (Å²) < 4.78 is 0. The van der Waals surface area contributed by atoms with Gasteiger partial charge in [0.2, 0.25) is 17.8 Å². The molecule has 0 amide bonds. The van der Waals surface area contributed by atoms with Crippen LogP contribution in [-0.2, 0) is 0 Å². The van der Waals surface area contributed by atoms with Crippen molar-refractivity contribution in [3.8, 4) is 0 Å². The highest BCUT2D eigenvalue weighted by molar-refractivity contribution is 5.44. The molecule has 0 radical (unpaired) electrons. The van der Waals surface area contributed by atoms with Gasteiger partial charge in [0.15, 0.2) is 0 Å². The van der Waals surface area contributed by atoms with Crippen molar-refractivity contribution in [3.63, 3.8) is 0 Å². The highest BCUT2D eigenvalue weighted by Gasteiger charge is 2.35. The van der Waals surface area contributed by atoms with Gasteiger partial charge in [0, 0.05) is 26.2 Å². The fourth-order valence-corrected chi connectivity index (χ4v) is 2.27. The molecule has 6 nitrogen and oxygen atoms in total. The van der Waals surface area contributed by atoms with E-state index in [2.05, 4.69) is 32.5 Å². The summed E-state index contributed by atoms with van der Waals surface area (Å²) in [4.78, 5) is 15.2. The fraction of sp³-hybridized carbons (Fsp3) is 0.769. The Hall–Kier alpha value is -1.59. The molecule has 0 bridgehead atoms. The first-order chi connectivity index (χ1) is 9.08. The van der Waals surface area contributed by atoms with Crippen LogP contribution >= 0.6 is 0 Å².